The van der Waals surface area contributed by atoms with Crippen LogP contribution in [0.5, 0.6) is 5.75 Å². The molecule has 0 aromatic heterocycles. The molecule has 4 heteroatoms. The average Bonchev–Trinajstić information content (AvgIpc) is 2.63. The van der Waals surface area contributed by atoms with Gasteiger partial charge in [-0.2, -0.15) is 0 Å². The van der Waals surface area contributed by atoms with E-state index in [2.05, 4.69) is 46.8 Å². The normalized spacial score (nSPS) is 23.7. The quantitative estimate of drug-likeness (QED) is 0.721. The molecule has 1 aromatic carbocycles. The predicted octanol–water partition coefficient (Wildman–Crippen LogP) is 4.77. The fourth-order valence-corrected chi connectivity index (χ4v) is 4.46. The maximum absolute atomic E-state index is 6.87. The van der Waals surface area contributed by atoms with Crippen LogP contribution in [0.2, 0.25) is 0 Å². The zero-order chi connectivity index (χ0) is 20.2. The van der Waals surface area contributed by atoms with E-state index in [1.54, 1.807) is 7.11 Å². The van der Waals surface area contributed by atoms with Crippen LogP contribution in [-0.4, -0.2) is 18.8 Å². The Morgan fingerprint density at radius 2 is 1.70 bits per heavy atom. The molecule has 152 valence electrons. The molecule has 0 amide bonds. The summed E-state index contributed by atoms with van der Waals surface area (Å²) in [7, 11) is 1.69. The predicted molar refractivity (Wildman–Crippen MR) is 112 cm³/mol. The number of hydrogen-bond donors (Lipinski definition) is 2. The van der Waals surface area contributed by atoms with Crippen LogP contribution < -0.4 is 16.2 Å². The Balaban J connectivity index is 2.55. The van der Waals surface area contributed by atoms with Crippen LogP contribution in [0.1, 0.15) is 65.9 Å². The Kier molecular flexibility index (Phi) is 6.85. The molecule has 1 aromatic rings. The highest BCUT2D eigenvalue weighted by Crippen LogP contribution is 2.49. The van der Waals surface area contributed by atoms with Crippen molar-refractivity contribution in [1.29, 1.82) is 0 Å². The van der Waals surface area contributed by atoms with E-state index in [1.165, 1.54) is 5.56 Å². The van der Waals surface area contributed by atoms with E-state index >= 15 is 0 Å². The van der Waals surface area contributed by atoms with Gasteiger partial charge in [0, 0.05) is 12.1 Å². The van der Waals surface area contributed by atoms with Gasteiger partial charge in [-0.3, -0.25) is 0 Å². The third-order valence-electron chi connectivity index (χ3n) is 6.03. The molecule has 2 unspecified atom stereocenters. The van der Waals surface area contributed by atoms with Gasteiger partial charge in [-0.15, -0.1) is 0 Å². The second-order valence-corrected chi connectivity index (χ2v) is 8.87. The van der Waals surface area contributed by atoms with Crippen molar-refractivity contribution in [3.8, 4) is 5.75 Å². The number of nitrogens with two attached hydrogens (primary N) is 2. The van der Waals surface area contributed by atoms with Crippen LogP contribution in [0.3, 0.4) is 0 Å². The van der Waals surface area contributed by atoms with Gasteiger partial charge in [-0.05, 0) is 54.7 Å². The standard InChI is InChI=1S/C23H38N2O2/c1-7-17(8-2)27-23(15-16-9-11-18(26-6)12-10-16)20(22(3,4)5)14-13-19(24)21(23)25/h9-12,17,20H,7-8,13-15,24-25H2,1-6H3. The van der Waals surface area contributed by atoms with Gasteiger partial charge in [0.05, 0.1) is 18.9 Å². The maximum Gasteiger partial charge on any atom is 0.118 e. The molecule has 0 spiro atoms. The van der Waals surface area contributed by atoms with Crippen molar-refractivity contribution in [3.05, 3.63) is 41.2 Å². The van der Waals surface area contributed by atoms with Crippen molar-refractivity contribution < 1.29 is 9.47 Å². The maximum atomic E-state index is 6.87. The van der Waals surface area contributed by atoms with E-state index in [0.717, 1.165) is 49.2 Å². The summed E-state index contributed by atoms with van der Waals surface area (Å²) in [5.74, 6) is 1.15. The van der Waals surface area contributed by atoms with Gasteiger partial charge in [0.1, 0.15) is 11.4 Å². The first-order chi connectivity index (χ1) is 12.7. The van der Waals surface area contributed by atoms with E-state index in [9.17, 15) is 0 Å². The highest BCUT2D eigenvalue weighted by molar-refractivity contribution is 5.34. The summed E-state index contributed by atoms with van der Waals surface area (Å²) < 4.78 is 12.2. The molecule has 1 aliphatic rings. The zero-order valence-electron chi connectivity index (χ0n) is 18.0. The second-order valence-electron chi connectivity index (χ2n) is 8.87. The third-order valence-corrected chi connectivity index (χ3v) is 6.03. The number of methoxy groups -OCH3 is 1. The minimum absolute atomic E-state index is 0.0593. The second kappa shape index (κ2) is 8.55. The lowest BCUT2D eigenvalue weighted by molar-refractivity contribution is -0.137. The van der Waals surface area contributed by atoms with Crippen molar-refractivity contribution in [1.82, 2.24) is 0 Å². The fraction of sp³-hybridized carbons (Fsp3) is 0.652. The molecule has 0 saturated heterocycles. The van der Waals surface area contributed by atoms with Crippen LogP contribution >= 0.6 is 0 Å². The van der Waals surface area contributed by atoms with Crippen LogP contribution in [0.25, 0.3) is 0 Å². The third kappa shape index (κ3) is 4.60. The van der Waals surface area contributed by atoms with Gasteiger partial charge < -0.3 is 20.9 Å². The molecular weight excluding hydrogens is 336 g/mol. The van der Waals surface area contributed by atoms with Gasteiger partial charge in [0.15, 0.2) is 0 Å². The molecule has 0 radical (unpaired) electrons. The molecule has 2 atom stereocenters. The summed E-state index contributed by atoms with van der Waals surface area (Å²) in [6.07, 6.45) is 4.65. The Labute approximate surface area is 165 Å². The fourth-order valence-electron chi connectivity index (χ4n) is 4.46. The van der Waals surface area contributed by atoms with E-state index in [1.807, 2.05) is 12.1 Å². The zero-order valence-corrected chi connectivity index (χ0v) is 18.0. The summed E-state index contributed by atoms with van der Waals surface area (Å²) in [5.41, 5.74) is 15.3. The van der Waals surface area contributed by atoms with Crippen molar-refractivity contribution >= 4 is 0 Å². The lowest BCUT2D eigenvalue weighted by Gasteiger charge is -2.51. The van der Waals surface area contributed by atoms with Crippen LogP contribution in [0.4, 0.5) is 0 Å². The molecule has 0 heterocycles. The highest BCUT2D eigenvalue weighted by Gasteiger charge is 2.51. The topological polar surface area (TPSA) is 70.5 Å². The minimum Gasteiger partial charge on any atom is -0.497 e. The summed E-state index contributed by atoms with van der Waals surface area (Å²) in [5, 5.41) is 0. The molecule has 0 aliphatic heterocycles. The SMILES string of the molecule is CCC(CC)OC1(Cc2ccc(OC)cc2)C(N)=C(N)CCC1C(C)(C)C. The number of allylic oxidation sites excluding steroid dienone is 1. The molecule has 0 bridgehead atoms. The molecule has 2 rings (SSSR count). The van der Waals surface area contributed by atoms with Crippen molar-refractivity contribution in [2.45, 2.75) is 78.4 Å². The van der Waals surface area contributed by atoms with E-state index in [0.29, 0.717) is 5.92 Å². The van der Waals surface area contributed by atoms with E-state index in [-0.39, 0.29) is 11.5 Å². The Hall–Kier alpha value is -1.68. The Morgan fingerprint density at radius 3 is 2.19 bits per heavy atom. The Bertz CT molecular complexity index is 641. The minimum atomic E-state index is -0.578. The highest BCUT2D eigenvalue weighted by atomic mass is 16.5. The van der Waals surface area contributed by atoms with Crippen LogP contribution in [0, 0.1) is 11.3 Å². The first-order valence-corrected chi connectivity index (χ1v) is 10.2. The number of benzene rings is 1. The lowest BCUT2D eigenvalue weighted by atomic mass is 9.62. The summed E-state index contributed by atoms with van der Waals surface area (Å²) in [4.78, 5) is 0. The summed E-state index contributed by atoms with van der Waals surface area (Å²) >= 11 is 0. The van der Waals surface area contributed by atoms with Crippen molar-refractivity contribution in [2.75, 3.05) is 7.11 Å². The average molecular weight is 375 g/mol. The summed E-state index contributed by atoms with van der Waals surface area (Å²) in [6, 6.07) is 8.21. The van der Waals surface area contributed by atoms with E-state index in [4.69, 9.17) is 20.9 Å². The van der Waals surface area contributed by atoms with Gasteiger partial charge >= 0.3 is 0 Å². The van der Waals surface area contributed by atoms with Gasteiger partial charge in [-0.1, -0.05) is 46.8 Å². The molecular formula is C23H38N2O2. The van der Waals surface area contributed by atoms with E-state index < -0.39 is 5.60 Å². The molecule has 0 saturated carbocycles. The largest absolute Gasteiger partial charge is 0.497 e. The first-order valence-electron chi connectivity index (χ1n) is 10.2. The molecule has 4 N–H and O–H groups in total. The molecule has 27 heavy (non-hydrogen) atoms. The smallest absolute Gasteiger partial charge is 0.118 e. The molecule has 0 fully saturated rings. The number of rotatable bonds is 7. The van der Waals surface area contributed by atoms with Gasteiger partial charge in [-0.25, -0.2) is 0 Å². The Morgan fingerprint density at radius 1 is 1.11 bits per heavy atom. The number of ether oxygens (including phenoxy) is 2. The van der Waals surface area contributed by atoms with Crippen molar-refractivity contribution in [2.24, 2.45) is 22.8 Å². The molecule has 1 aliphatic carbocycles. The monoisotopic (exact) mass is 374 g/mol. The summed E-state index contributed by atoms with van der Waals surface area (Å²) in [6.45, 7) is 11.2. The first kappa shape index (κ1) is 21.6. The van der Waals surface area contributed by atoms with Gasteiger partial charge in [0.25, 0.3) is 0 Å². The number of hydrogen-bond acceptors (Lipinski definition) is 4. The lowest BCUT2D eigenvalue weighted by Crippen LogP contribution is -2.56. The van der Waals surface area contributed by atoms with Crippen LogP contribution in [-0.2, 0) is 11.2 Å². The van der Waals surface area contributed by atoms with Crippen molar-refractivity contribution in [3.63, 3.8) is 0 Å². The van der Waals surface area contributed by atoms with Crippen LogP contribution in [0.15, 0.2) is 35.7 Å². The molecule has 4 nitrogen and oxygen atoms in total. The van der Waals surface area contributed by atoms with Gasteiger partial charge in [0.2, 0.25) is 0 Å².